The highest BCUT2D eigenvalue weighted by Crippen LogP contribution is 2.32. The zero-order valence-electron chi connectivity index (χ0n) is 18.5. The number of methoxy groups -OCH3 is 1. The molecule has 3 aromatic rings. The Morgan fingerprint density at radius 1 is 1.00 bits per heavy atom. The third-order valence-electron chi connectivity index (χ3n) is 4.96. The number of fused-ring (bicyclic) bond motifs is 1. The van der Waals surface area contributed by atoms with Gasteiger partial charge in [-0.2, -0.15) is 0 Å². The minimum Gasteiger partial charge on any atom is -0.497 e. The molecule has 0 aliphatic carbocycles. The van der Waals surface area contributed by atoms with Crippen LogP contribution >= 0.6 is 0 Å². The van der Waals surface area contributed by atoms with Gasteiger partial charge in [0.25, 0.3) is 5.69 Å². The Bertz CT molecular complexity index is 1220. The number of nitrogens with one attached hydrogen (secondary N) is 2. The lowest BCUT2D eigenvalue weighted by Gasteiger charge is -2.28. The van der Waals surface area contributed by atoms with Crippen molar-refractivity contribution in [1.82, 2.24) is 0 Å². The highest BCUT2D eigenvalue weighted by Gasteiger charge is 2.21. The summed E-state index contributed by atoms with van der Waals surface area (Å²) in [5.41, 5.74) is 2.79. The molecule has 168 valence electrons. The van der Waals surface area contributed by atoms with Crippen LogP contribution in [0.15, 0.2) is 77.8 Å². The van der Waals surface area contributed by atoms with Gasteiger partial charge in [0.2, 0.25) is 5.96 Å². The molecule has 0 spiro atoms. The summed E-state index contributed by atoms with van der Waals surface area (Å²) in [6.07, 6.45) is 4.05. The van der Waals surface area contributed by atoms with E-state index in [1.807, 2.05) is 68.5 Å². The van der Waals surface area contributed by atoms with Crippen molar-refractivity contribution in [1.29, 1.82) is 0 Å². The van der Waals surface area contributed by atoms with E-state index in [1.165, 1.54) is 12.1 Å². The monoisotopic (exact) mass is 444 g/mol. The SMILES string of the molecule is COc1ccc(NC(=Nc2ccc([N+](=O)[O-])cc2)Nc2ccc3c(c2)C=CC(C)(C)O3)cc1. The first-order valence-electron chi connectivity index (χ1n) is 10.3. The second-order valence-electron chi connectivity index (χ2n) is 8.00. The Kier molecular flexibility index (Phi) is 5.99. The van der Waals surface area contributed by atoms with Gasteiger partial charge in [-0.05, 0) is 74.5 Å². The predicted octanol–water partition coefficient (Wildman–Crippen LogP) is 6.00. The molecule has 0 radical (unpaired) electrons. The number of nitro groups is 1. The van der Waals surface area contributed by atoms with E-state index in [2.05, 4.69) is 15.6 Å². The molecule has 0 fully saturated rings. The molecule has 2 N–H and O–H groups in total. The third-order valence-corrected chi connectivity index (χ3v) is 4.96. The van der Waals surface area contributed by atoms with Crippen molar-refractivity contribution in [3.05, 3.63) is 88.5 Å². The number of aliphatic imine (C=N–C) groups is 1. The fourth-order valence-electron chi connectivity index (χ4n) is 3.27. The standard InChI is InChI=1S/C25H24N4O4/c1-25(2)15-14-17-16-20(8-13-23(17)33-25)28-24(27-19-6-11-22(32-3)12-7-19)26-18-4-9-21(10-5-18)29(30)31/h4-16H,1-3H3,(H2,26,27,28). The van der Waals surface area contributed by atoms with Crippen molar-refractivity contribution in [2.24, 2.45) is 4.99 Å². The van der Waals surface area contributed by atoms with Crippen LogP contribution in [0.3, 0.4) is 0 Å². The molecule has 33 heavy (non-hydrogen) atoms. The Hall–Kier alpha value is -4.33. The third kappa shape index (κ3) is 5.48. The molecule has 1 heterocycles. The summed E-state index contributed by atoms with van der Waals surface area (Å²) >= 11 is 0. The maximum absolute atomic E-state index is 10.9. The minimum absolute atomic E-state index is 0.0102. The van der Waals surface area contributed by atoms with Gasteiger partial charge in [0, 0.05) is 29.1 Å². The molecular formula is C25H24N4O4. The van der Waals surface area contributed by atoms with E-state index < -0.39 is 4.92 Å². The summed E-state index contributed by atoms with van der Waals surface area (Å²) in [4.78, 5) is 15.1. The molecule has 3 aromatic carbocycles. The fourth-order valence-corrected chi connectivity index (χ4v) is 3.27. The van der Waals surface area contributed by atoms with Crippen molar-refractivity contribution in [2.75, 3.05) is 17.7 Å². The largest absolute Gasteiger partial charge is 0.497 e. The van der Waals surface area contributed by atoms with Crippen LogP contribution in [0.4, 0.5) is 22.7 Å². The van der Waals surface area contributed by atoms with E-state index >= 15 is 0 Å². The average molecular weight is 444 g/mol. The molecule has 1 aliphatic heterocycles. The van der Waals surface area contributed by atoms with E-state index in [9.17, 15) is 10.1 Å². The number of guanidine groups is 1. The lowest BCUT2D eigenvalue weighted by atomic mass is 10.0. The van der Waals surface area contributed by atoms with Gasteiger partial charge in [-0.15, -0.1) is 0 Å². The van der Waals surface area contributed by atoms with Crippen LogP contribution in [0.2, 0.25) is 0 Å². The van der Waals surface area contributed by atoms with Crippen molar-refractivity contribution in [3.63, 3.8) is 0 Å². The second kappa shape index (κ2) is 9.04. The van der Waals surface area contributed by atoms with Gasteiger partial charge in [0.15, 0.2) is 0 Å². The summed E-state index contributed by atoms with van der Waals surface area (Å²) in [7, 11) is 1.61. The van der Waals surface area contributed by atoms with Crippen molar-refractivity contribution < 1.29 is 14.4 Å². The average Bonchev–Trinajstić information content (AvgIpc) is 2.79. The Morgan fingerprint density at radius 2 is 1.67 bits per heavy atom. The number of hydrogen-bond acceptors (Lipinski definition) is 5. The molecule has 0 amide bonds. The maximum Gasteiger partial charge on any atom is 0.269 e. The quantitative estimate of drug-likeness (QED) is 0.217. The molecule has 0 saturated carbocycles. The highest BCUT2D eigenvalue weighted by molar-refractivity contribution is 6.05. The molecule has 8 nitrogen and oxygen atoms in total. The van der Waals surface area contributed by atoms with E-state index in [-0.39, 0.29) is 11.3 Å². The van der Waals surface area contributed by atoms with Gasteiger partial charge in [0.1, 0.15) is 17.1 Å². The zero-order chi connectivity index (χ0) is 23.4. The van der Waals surface area contributed by atoms with Crippen LogP contribution in [0, 0.1) is 10.1 Å². The lowest BCUT2D eigenvalue weighted by Crippen LogP contribution is -2.27. The number of hydrogen-bond donors (Lipinski definition) is 2. The summed E-state index contributed by atoms with van der Waals surface area (Å²) < 4.78 is 11.2. The molecule has 4 rings (SSSR count). The molecule has 0 unspecified atom stereocenters. The van der Waals surface area contributed by atoms with E-state index in [4.69, 9.17) is 9.47 Å². The number of nitrogens with zero attached hydrogens (tertiary/aromatic N) is 2. The number of rotatable bonds is 5. The summed E-state index contributed by atoms with van der Waals surface area (Å²) in [6.45, 7) is 4.01. The van der Waals surface area contributed by atoms with Crippen LogP contribution in [0.25, 0.3) is 6.08 Å². The molecule has 0 atom stereocenters. The first kappa shape index (κ1) is 21.9. The number of benzene rings is 3. The minimum atomic E-state index is -0.438. The summed E-state index contributed by atoms with van der Waals surface area (Å²) in [5, 5.41) is 17.5. The highest BCUT2D eigenvalue weighted by atomic mass is 16.6. The van der Waals surface area contributed by atoms with Gasteiger partial charge in [-0.1, -0.05) is 6.08 Å². The molecule has 0 saturated heterocycles. The van der Waals surface area contributed by atoms with Crippen molar-refractivity contribution in [2.45, 2.75) is 19.4 Å². The molecular weight excluding hydrogens is 420 g/mol. The van der Waals surface area contributed by atoms with Crippen molar-refractivity contribution in [3.8, 4) is 11.5 Å². The Labute approximate surface area is 191 Å². The molecule has 8 heteroatoms. The summed E-state index contributed by atoms with van der Waals surface area (Å²) in [6, 6.07) is 19.3. The van der Waals surface area contributed by atoms with E-state index in [0.717, 1.165) is 28.4 Å². The smallest absolute Gasteiger partial charge is 0.269 e. The Balaban J connectivity index is 1.62. The van der Waals surface area contributed by atoms with Crippen LogP contribution in [0.5, 0.6) is 11.5 Å². The first-order valence-corrected chi connectivity index (χ1v) is 10.3. The maximum atomic E-state index is 10.9. The van der Waals surface area contributed by atoms with Crippen LogP contribution in [-0.4, -0.2) is 23.6 Å². The molecule has 0 bridgehead atoms. The van der Waals surface area contributed by atoms with Crippen LogP contribution in [0.1, 0.15) is 19.4 Å². The van der Waals surface area contributed by atoms with Crippen LogP contribution in [-0.2, 0) is 0 Å². The van der Waals surface area contributed by atoms with E-state index in [1.54, 1.807) is 19.2 Å². The number of ether oxygens (including phenoxy) is 2. The van der Waals surface area contributed by atoms with E-state index in [0.29, 0.717) is 11.6 Å². The molecule has 1 aliphatic rings. The van der Waals surface area contributed by atoms with Gasteiger partial charge >= 0.3 is 0 Å². The number of nitro benzene ring substituents is 1. The number of anilines is 2. The lowest BCUT2D eigenvalue weighted by molar-refractivity contribution is -0.384. The van der Waals surface area contributed by atoms with Gasteiger partial charge in [0.05, 0.1) is 17.7 Å². The van der Waals surface area contributed by atoms with Gasteiger partial charge < -0.3 is 20.1 Å². The van der Waals surface area contributed by atoms with Crippen molar-refractivity contribution >= 4 is 34.8 Å². The first-order chi connectivity index (χ1) is 15.8. The number of non-ortho nitro benzene ring substituents is 1. The molecule has 0 aromatic heterocycles. The predicted molar refractivity (Wildman–Crippen MR) is 131 cm³/mol. The normalized spacial score (nSPS) is 14.1. The Morgan fingerprint density at radius 3 is 2.33 bits per heavy atom. The van der Waals surface area contributed by atoms with Gasteiger partial charge in [-0.25, -0.2) is 4.99 Å². The second-order valence-corrected chi connectivity index (χ2v) is 8.00. The fraction of sp³-hybridized carbons (Fsp3) is 0.160. The van der Waals surface area contributed by atoms with Crippen LogP contribution < -0.4 is 20.1 Å². The van der Waals surface area contributed by atoms with Gasteiger partial charge in [-0.3, -0.25) is 10.1 Å². The zero-order valence-corrected chi connectivity index (χ0v) is 18.5. The topological polar surface area (TPSA) is 98.0 Å². The summed E-state index contributed by atoms with van der Waals surface area (Å²) in [5.74, 6) is 2.01.